The minimum absolute atomic E-state index is 0.0538. The summed E-state index contributed by atoms with van der Waals surface area (Å²) in [5, 5.41) is 36.8. The lowest BCUT2D eigenvalue weighted by Crippen LogP contribution is -2.54. The van der Waals surface area contributed by atoms with Crippen molar-refractivity contribution in [2.45, 2.75) is 12.4 Å². The van der Waals surface area contributed by atoms with Gasteiger partial charge in [-0.3, -0.25) is 4.79 Å². The molecule has 170 valence electrons. The molecule has 32 heavy (non-hydrogen) atoms. The van der Waals surface area contributed by atoms with Crippen molar-refractivity contribution < 1.29 is 29.6 Å². The predicted molar refractivity (Wildman–Crippen MR) is 118 cm³/mol. The third-order valence-corrected chi connectivity index (χ3v) is 5.69. The molecule has 12 nitrogen and oxygen atoms in total. The lowest BCUT2D eigenvalue weighted by molar-refractivity contribution is -0.115. The molecule has 0 aliphatic carbocycles. The smallest absolute Gasteiger partial charge is 0.534 e. The average Bonchev–Trinajstić information content (AvgIpc) is 3.23. The molecule has 0 bridgehead atoms. The Morgan fingerprint density at radius 2 is 2.06 bits per heavy atom. The molecule has 3 rings (SSSR count). The van der Waals surface area contributed by atoms with Crippen molar-refractivity contribution in [3.63, 3.8) is 0 Å². The maximum Gasteiger partial charge on any atom is 0.547 e. The number of carboxylic acid groups (broad SMARTS) is 1. The van der Waals surface area contributed by atoms with Crippen LogP contribution in [0.25, 0.3) is 0 Å². The fraction of sp³-hybridized carbons (Fsp3) is 0.333. The lowest BCUT2D eigenvalue weighted by atomic mass is 9.72. The van der Waals surface area contributed by atoms with Gasteiger partial charge in [0.25, 0.3) is 5.91 Å². The second kappa shape index (κ2) is 10.4. The van der Waals surface area contributed by atoms with Gasteiger partial charge >= 0.3 is 13.1 Å². The first kappa shape index (κ1) is 23.5. The van der Waals surface area contributed by atoms with Crippen molar-refractivity contribution in [1.29, 1.82) is 0 Å². The van der Waals surface area contributed by atoms with E-state index in [0.717, 1.165) is 0 Å². The van der Waals surface area contributed by atoms with E-state index in [2.05, 4.69) is 15.5 Å². The third kappa shape index (κ3) is 4.99. The molecular formula is C18H23BN6O6S. The van der Waals surface area contributed by atoms with Crippen LogP contribution in [0.1, 0.15) is 21.6 Å². The molecule has 0 spiro atoms. The molecule has 1 atom stereocenters. The summed E-state index contributed by atoms with van der Waals surface area (Å²) >= 11 is 1.24. The van der Waals surface area contributed by atoms with E-state index in [1.807, 2.05) is 4.90 Å². The molecule has 1 aliphatic rings. The number of fused-ring (bicyclic) bond motifs is 1. The summed E-state index contributed by atoms with van der Waals surface area (Å²) in [6, 6.07) is 4.56. The highest BCUT2D eigenvalue weighted by atomic mass is 32.1. The number of carboxylic acids is 1. The Bertz CT molecular complexity index is 1010. The first-order valence-electron chi connectivity index (χ1n) is 9.73. The predicted octanol–water partition coefficient (Wildman–Crippen LogP) is -1.12. The number of rotatable bonds is 9. The van der Waals surface area contributed by atoms with Crippen molar-refractivity contribution in [2.75, 3.05) is 31.1 Å². The van der Waals surface area contributed by atoms with Gasteiger partial charge in [-0.25, -0.2) is 9.78 Å². The molecule has 0 saturated carbocycles. The van der Waals surface area contributed by atoms with Gasteiger partial charge in [-0.1, -0.05) is 17.3 Å². The molecular weight excluding hydrogens is 439 g/mol. The van der Waals surface area contributed by atoms with E-state index in [0.29, 0.717) is 36.9 Å². The summed E-state index contributed by atoms with van der Waals surface area (Å²) in [6.07, 6.45) is 0.116. The summed E-state index contributed by atoms with van der Waals surface area (Å²) in [7, 11) is -1.50. The molecule has 1 amide bonds. The number of nitrogens with one attached hydrogen (secondary N) is 1. The number of benzene rings is 1. The van der Waals surface area contributed by atoms with E-state index < -0.39 is 24.9 Å². The van der Waals surface area contributed by atoms with Crippen LogP contribution in [-0.2, 0) is 11.2 Å². The molecule has 1 aromatic carbocycles. The molecule has 0 radical (unpaired) electrons. The lowest BCUT2D eigenvalue weighted by Gasteiger charge is -2.28. The standard InChI is InChI=1S/C18H23BN6O6S/c20-4-6-25(7-5-21)18-22-12(9-32-18)14(24-30)16(26)23-13-8-10-2-1-3-11(17(27)28)15(10)31-19(13)29/h1-3,9,13,29-30H,4-8,20-21H2,(H,23,26)(H,27,28)/b24-14-/t13-/m0/s1. The zero-order valence-corrected chi connectivity index (χ0v) is 17.8. The molecule has 1 aliphatic heterocycles. The van der Waals surface area contributed by atoms with Crippen LogP contribution >= 0.6 is 11.3 Å². The van der Waals surface area contributed by atoms with E-state index in [-0.39, 0.29) is 29.1 Å². The summed E-state index contributed by atoms with van der Waals surface area (Å²) < 4.78 is 5.36. The highest BCUT2D eigenvalue weighted by Gasteiger charge is 2.38. The van der Waals surface area contributed by atoms with Crippen molar-refractivity contribution in [3.8, 4) is 5.75 Å². The number of anilines is 1. The summed E-state index contributed by atoms with van der Waals surface area (Å²) in [5.41, 5.74) is 11.5. The van der Waals surface area contributed by atoms with Gasteiger partial charge in [0.05, 0.1) is 11.5 Å². The number of nitrogens with zero attached hydrogens (tertiary/aromatic N) is 3. The molecule has 1 aromatic heterocycles. The highest BCUT2D eigenvalue weighted by Crippen LogP contribution is 2.30. The molecule has 8 N–H and O–H groups in total. The van der Waals surface area contributed by atoms with E-state index >= 15 is 0 Å². The maximum absolute atomic E-state index is 12.8. The van der Waals surface area contributed by atoms with Crippen LogP contribution < -0.4 is 26.3 Å². The number of carbonyl (C=O) groups is 2. The Hall–Kier alpha value is -3.20. The zero-order valence-electron chi connectivity index (χ0n) is 17.0. The Morgan fingerprint density at radius 3 is 2.69 bits per heavy atom. The minimum Gasteiger partial charge on any atom is -0.534 e. The number of thiazole rings is 1. The van der Waals surface area contributed by atoms with E-state index in [1.54, 1.807) is 17.5 Å². The Balaban J connectivity index is 1.75. The highest BCUT2D eigenvalue weighted by molar-refractivity contribution is 7.14. The van der Waals surface area contributed by atoms with Gasteiger partial charge in [-0.2, -0.15) is 0 Å². The molecule has 14 heteroatoms. The fourth-order valence-electron chi connectivity index (χ4n) is 3.30. The number of para-hydroxylation sites is 1. The molecule has 0 unspecified atom stereocenters. The topological polar surface area (TPSA) is 197 Å². The maximum atomic E-state index is 12.8. The van der Waals surface area contributed by atoms with Gasteiger partial charge in [0.2, 0.25) is 0 Å². The third-order valence-electron chi connectivity index (χ3n) is 4.78. The fourth-order valence-corrected chi connectivity index (χ4v) is 4.16. The van der Waals surface area contributed by atoms with E-state index in [4.69, 9.17) is 16.1 Å². The summed E-state index contributed by atoms with van der Waals surface area (Å²) in [5.74, 6) is -2.82. The quantitative estimate of drug-likeness (QED) is 0.115. The van der Waals surface area contributed by atoms with Crippen LogP contribution in [-0.4, -0.2) is 77.1 Å². The molecule has 0 saturated heterocycles. The van der Waals surface area contributed by atoms with E-state index in [1.165, 1.54) is 17.4 Å². The van der Waals surface area contributed by atoms with Gasteiger partial charge in [0.1, 0.15) is 11.4 Å². The number of amides is 1. The number of aromatic nitrogens is 1. The van der Waals surface area contributed by atoms with Crippen LogP contribution in [0.3, 0.4) is 0 Å². The first-order chi connectivity index (χ1) is 15.4. The summed E-state index contributed by atoms with van der Waals surface area (Å²) in [4.78, 5) is 30.3. The first-order valence-corrected chi connectivity index (χ1v) is 10.6. The van der Waals surface area contributed by atoms with Crippen LogP contribution in [0.4, 0.5) is 5.13 Å². The second-order valence-corrected chi connectivity index (χ2v) is 7.76. The van der Waals surface area contributed by atoms with Gasteiger partial charge < -0.3 is 41.7 Å². The number of carbonyl (C=O) groups excluding carboxylic acids is 1. The van der Waals surface area contributed by atoms with Crippen LogP contribution in [0.5, 0.6) is 5.75 Å². The van der Waals surface area contributed by atoms with Gasteiger partial charge in [-0.05, 0) is 18.1 Å². The monoisotopic (exact) mass is 462 g/mol. The van der Waals surface area contributed by atoms with Gasteiger partial charge in [0, 0.05) is 31.6 Å². The minimum atomic E-state index is -1.50. The van der Waals surface area contributed by atoms with Gasteiger partial charge in [-0.15, -0.1) is 11.3 Å². The van der Waals surface area contributed by atoms with Crippen molar-refractivity contribution >= 4 is 41.2 Å². The normalized spacial score (nSPS) is 15.7. The number of nitrogens with two attached hydrogens (primary N) is 2. The van der Waals surface area contributed by atoms with Crippen molar-refractivity contribution in [2.24, 2.45) is 16.6 Å². The van der Waals surface area contributed by atoms with Gasteiger partial charge in [0.15, 0.2) is 10.8 Å². The SMILES string of the molecule is NCCN(CCN)c1nc(/C(=N/O)C(=O)N[C@H]2Cc3cccc(C(=O)O)c3OB2O)cs1. The Morgan fingerprint density at radius 1 is 1.34 bits per heavy atom. The molecule has 0 fully saturated rings. The van der Waals surface area contributed by atoms with Crippen LogP contribution in [0, 0.1) is 0 Å². The Labute approximate surface area is 187 Å². The average molecular weight is 462 g/mol. The molecule has 2 aromatic rings. The van der Waals surface area contributed by atoms with E-state index in [9.17, 15) is 24.9 Å². The molecule has 2 heterocycles. The zero-order chi connectivity index (χ0) is 23.3. The van der Waals surface area contributed by atoms with Crippen LogP contribution in [0.15, 0.2) is 28.7 Å². The van der Waals surface area contributed by atoms with Crippen molar-refractivity contribution in [1.82, 2.24) is 10.3 Å². The number of hydrogen-bond donors (Lipinski definition) is 6. The summed E-state index contributed by atoms with van der Waals surface area (Å²) in [6.45, 7) is 1.82. The number of aromatic carboxylic acids is 1. The number of oxime groups is 1. The Kier molecular flexibility index (Phi) is 7.64. The van der Waals surface area contributed by atoms with Crippen molar-refractivity contribution in [3.05, 3.63) is 40.4 Å². The largest absolute Gasteiger partial charge is 0.547 e. The number of hydrogen-bond acceptors (Lipinski definition) is 11. The van der Waals surface area contributed by atoms with Crippen LogP contribution in [0.2, 0.25) is 0 Å². The second-order valence-electron chi connectivity index (χ2n) is 6.92.